The lowest BCUT2D eigenvalue weighted by molar-refractivity contribution is 0.0285. The van der Waals surface area contributed by atoms with Crippen LogP contribution >= 0.6 is 11.3 Å². The van der Waals surface area contributed by atoms with Crippen LogP contribution in [0.5, 0.6) is 0 Å². The van der Waals surface area contributed by atoms with E-state index in [-0.39, 0.29) is 41.7 Å². The molecule has 1 aliphatic rings. The number of thiophene rings is 1. The van der Waals surface area contributed by atoms with Crippen LogP contribution < -0.4 is 10.9 Å². The van der Waals surface area contributed by atoms with Crippen LogP contribution in [0.4, 0.5) is 10.6 Å². The quantitative estimate of drug-likeness (QED) is 0.117. The number of benzene rings is 1. The SMILES string of the molecule is C[C@@H](Nc1ncnc2c1cc(C1CCS(=O)(=O)CC1)c(=O)n2CCCCCCCCO)c1ccc(-c2ccccc2CN(C)C(=O)OC(C)(C)C)s1. The molecule has 282 valence electrons. The summed E-state index contributed by atoms with van der Waals surface area (Å²) in [6.07, 6.45) is 7.60. The third-order valence-corrected chi connectivity index (χ3v) is 12.5. The van der Waals surface area contributed by atoms with Crippen LogP contribution in [-0.4, -0.2) is 69.8 Å². The number of rotatable bonds is 15. The van der Waals surface area contributed by atoms with E-state index in [1.165, 1.54) is 6.33 Å². The van der Waals surface area contributed by atoms with Gasteiger partial charge in [0.25, 0.3) is 5.56 Å². The molecule has 5 rings (SSSR count). The average molecular weight is 752 g/mol. The fraction of sp³-hybridized carbons (Fsp3) is 0.538. The van der Waals surface area contributed by atoms with Crippen molar-refractivity contribution in [2.75, 3.05) is 30.5 Å². The molecule has 0 aliphatic carbocycles. The Morgan fingerprint density at radius 1 is 1.06 bits per heavy atom. The highest BCUT2D eigenvalue weighted by atomic mass is 32.2. The Morgan fingerprint density at radius 3 is 2.46 bits per heavy atom. The van der Waals surface area contributed by atoms with E-state index in [0.29, 0.717) is 43.0 Å². The molecule has 1 saturated heterocycles. The molecule has 0 saturated carbocycles. The fourth-order valence-corrected chi connectivity index (χ4v) is 9.24. The maximum Gasteiger partial charge on any atom is 0.410 e. The lowest BCUT2D eigenvalue weighted by atomic mass is 9.93. The van der Waals surface area contributed by atoms with Gasteiger partial charge in [0.1, 0.15) is 33.2 Å². The fourth-order valence-electron chi connectivity index (χ4n) is 6.67. The number of anilines is 1. The minimum Gasteiger partial charge on any atom is -0.444 e. The highest BCUT2D eigenvalue weighted by molar-refractivity contribution is 7.91. The number of sulfone groups is 1. The number of aryl methyl sites for hydroxylation is 1. The number of aromatic nitrogens is 3. The topological polar surface area (TPSA) is 144 Å². The van der Waals surface area contributed by atoms with E-state index in [4.69, 9.17) is 9.84 Å². The lowest BCUT2D eigenvalue weighted by Crippen LogP contribution is -2.33. The molecule has 52 heavy (non-hydrogen) atoms. The largest absolute Gasteiger partial charge is 0.444 e. The normalized spacial score (nSPS) is 15.4. The molecule has 0 unspecified atom stereocenters. The van der Waals surface area contributed by atoms with Crippen LogP contribution in [-0.2, 0) is 27.7 Å². The first-order valence-corrected chi connectivity index (χ1v) is 21.0. The third-order valence-electron chi connectivity index (χ3n) is 9.50. The van der Waals surface area contributed by atoms with E-state index in [1.54, 1.807) is 27.9 Å². The number of ether oxygens (including phenoxy) is 1. The van der Waals surface area contributed by atoms with Gasteiger partial charge in [-0.2, -0.15) is 0 Å². The predicted molar refractivity (Wildman–Crippen MR) is 209 cm³/mol. The number of hydrogen-bond donors (Lipinski definition) is 2. The second kappa shape index (κ2) is 17.3. The molecule has 1 aromatic carbocycles. The molecule has 0 radical (unpaired) electrons. The maximum absolute atomic E-state index is 14.0. The number of carbonyl (C=O) groups excluding carboxylic acids is 1. The van der Waals surface area contributed by atoms with Gasteiger partial charge in [0.15, 0.2) is 0 Å². The van der Waals surface area contributed by atoms with Gasteiger partial charge in [0.2, 0.25) is 0 Å². The van der Waals surface area contributed by atoms with Crippen LogP contribution in [0.2, 0.25) is 0 Å². The van der Waals surface area contributed by atoms with Gasteiger partial charge in [-0.3, -0.25) is 9.36 Å². The van der Waals surface area contributed by atoms with E-state index in [1.807, 2.05) is 45.0 Å². The molecule has 11 nitrogen and oxygen atoms in total. The van der Waals surface area contributed by atoms with Crippen molar-refractivity contribution in [2.24, 2.45) is 0 Å². The minimum atomic E-state index is -3.09. The molecule has 0 spiro atoms. The maximum atomic E-state index is 14.0. The number of nitrogens with zero attached hydrogens (tertiary/aromatic N) is 4. The zero-order valence-corrected chi connectivity index (χ0v) is 32.7. The van der Waals surface area contributed by atoms with Crippen molar-refractivity contribution < 1.29 is 23.1 Å². The third kappa shape index (κ3) is 10.2. The Hall–Kier alpha value is -3.81. The second-order valence-corrected chi connectivity index (χ2v) is 18.3. The van der Waals surface area contributed by atoms with Crippen molar-refractivity contribution in [1.82, 2.24) is 19.4 Å². The van der Waals surface area contributed by atoms with Gasteiger partial charge in [-0.15, -0.1) is 11.3 Å². The number of nitrogens with one attached hydrogen (secondary N) is 1. The van der Waals surface area contributed by atoms with Crippen LogP contribution in [0.3, 0.4) is 0 Å². The van der Waals surface area contributed by atoms with E-state index >= 15 is 0 Å². The minimum absolute atomic E-state index is 0.0809. The number of hydrogen-bond acceptors (Lipinski definition) is 10. The Kier molecular flexibility index (Phi) is 13.1. The molecule has 3 aromatic heterocycles. The smallest absolute Gasteiger partial charge is 0.410 e. The second-order valence-electron chi connectivity index (χ2n) is 14.8. The van der Waals surface area contributed by atoms with E-state index in [9.17, 15) is 18.0 Å². The molecule has 1 atom stereocenters. The van der Waals surface area contributed by atoms with E-state index < -0.39 is 15.4 Å². The van der Waals surface area contributed by atoms with Gasteiger partial charge in [0.05, 0.1) is 22.9 Å². The van der Waals surface area contributed by atoms with Crippen molar-refractivity contribution in [3.05, 3.63) is 75.1 Å². The molecule has 4 heterocycles. The Bertz CT molecular complexity index is 1990. The van der Waals surface area contributed by atoms with Crippen LogP contribution in [0, 0.1) is 0 Å². The summed E-state index contributed by atoms with van der Waals surface area (Å²) in [7, 11) is -1.35. The van der Waals surface area contributed by atoms with Gasteiger partial charge >= 0.3 is 6.09 Å². The standard InChI is InChI=1S/C39H53N5O6S2/c1-27(33-16-17-34(51-33)30-15-11-10-14-29(30)25-43(5)38(47)50-39(2,3)4)42-35-32-24-31(28-18-22-52(48,49)23-19-28)37(46)44(36(32)41-26-40-35)20-12-8-6-7-9-13-21-45/h10-11,14-17,24,26-28,45H,6-9,12-13,18-23,25H2,1-5H3,(H,40,41,42)/t27-/m1/s1. The van der Waals surface area contributed by atoms with Crippen molar-refractivity contribution >= 4 is 44.1 Å². The van der Waals surface area contributed by atoms with E-state index in [0.717, 1.165) is 64.8 Å². The van der Waals surface area contributed by atoms with Gasteiger partial charge in [-0.1, -0.05) is 49.9 Å². The van der Waals surface area contributed by atoms with Crippen molar-refractivity contribution in [1.29, 1.82) is 0 Å². The summed E-state index contributed by atoms with van der Waals surface area (Å²) >= 11 is 1.66. The van der Waals surface area contributed by atoms with Gasteiger partial charge in [-0.25, -0.2) is 23.2 Å². The molecule has 4 aromatic rings. The molecule has 1 aliphatic heterocycles. The summed E-state index contributed by atoms with van der Waals surface area (Å²) in [6.45, 7) is 8.76. The van der Waals surface area contributed by atoms with Crippen molar-refractivity contribution in [3.8, 4) is 10.4 Å². The summed E-state index contributed by atoms with van der Waals surface area (Å²) in [5.74, 6) is 0.633. The Morgan fingerprint density at radius 2 is 1.75 bits per heavy atom. The number of fused-ring (bicyclic) bond motifs is 1. The predicted octanol–water partition coefficient (Wildman–Crippen LogP) is 7.69. The van der Waals surface area contributed by atoms with Crippen LogP contribution in [0.15, 0.2) is 53.6 Å². The monoisotopic (exact) mass is 751 g/mol. The number of amides is 1. The highest BCUT2D eigenvalue weighted by Gasteiger charge is 2.28. The molecular weight excluding hydrogens is 699 g/mol. The number of aliphatic hydroxyl groups excluding tert-OH is 1. The number of carbonyl (C=O) groups is 1. The van der Waals surface area contributed by atoms with E-state index in [2.05, 4.69) is 40.4 Å². The number of pyridine rings is 1. The first-order valence-electron chi connectivity index (χ1n) is 18.3. The summed E-state index contributed by atoms with van der Waals surface area (Å²) in [5, 5.41) is 13.4. The van der Waals surface area contributed by atoms with Crippen molar-refractivity contribution in [3.63, 3.8) is 0 Å². The summed E-state index contributed by atoms with van der Waals surface area (Å²) in [6, 6.07) is 14.0. The van der Waals surface area contributed by atoms with Crippen LogP contribution in [0.1, 0.15) is 107 Å². The van der Waals surface area contributed by atoms with Crippen LogP contribution in [0.25, 0.3) is 21.5 Å². The highest BCUT2D eigenvalue weighted by Crippen LogP contribution is 2.36. The summed E-state index contributed by atoms with van der Waals surface area (Å²) < 4.78 is 31.8. The zero-order valence-electron chi connectivity index (χ0n) is 31.1. The summed E-state index contributed by atoms with van der Waals surface area (Å²) in [5.41, 5.74) is 2.57. The van der Waals surface area contributed by atoms with Gasteiger partial charge in [0, 0.05) is 42.1 Å². The molecule has 13 heteroatoms. The molecule has 0 bridgehead atoms. The van der Waals surface area contributed by atoms with Gasteiger partial charge < -0.3 is 20.1 Å². The number of unbranched alkanes of at least 4 members (excludes halogenated alkanes) is 5. The molecule has 1 amide bonds. The molecule has 1 fully saturated rings. The first kappa shape index (κ1) is 39.4. The molecule has 2 N–H and O–H groups in total. The zero-order chi connectivity index (χ0) is 37.5. The lowest BCUT2D eigenvalue weighted by Gasteiger charge is -2.25. The number of aliphatic hydroxyl groups is 1. The molecular formula is C39H53N5O6S2. The Labute approximate surface area is 311 Å². The van der Waals surface area contributed by atoms with Crippen molar-refractivity contribution in [2.45, 2.75) is 110 Å². The summed E-state index contributed by atoms with van der Waals surface area (Å²) in [4.78, 5) is 39.7. The Balaban J connectivity index is 1.40. The first-order chi connectivity index (χ1) is 24.8. The van der Waals surface area contributed by atoms with Gasteiger partial charge in [-0.05, 0) is 88.6 Å². The average Bonchev–Trinajstić information content (AvgIpc) is 3.59.